The van der Waals surface area contributed by atoms with E-state index in [4.69, 9.17) is 9.51 Å². The smallest absolute Gasteiger partial charge is 0.172 e. The summed E-state index contributed by atoms with van der Waals surface area (Å²) < 4.78 is 19.0. The summed E-state index contributed by atoms with van der Waals surface area (Å²) in [5.41, 5.74) is 2.85. The molecule has 1 saturated heterocycles. The minimum Gasteiger partial charge on any atom is -0.356 e. The maximum absolute atomic E-state index is 13.3. The van der Waals surface area contributed by atoms with Crippen LogP contribution in [0.1, 0.15) is 17.1 Å². The Hall–Kier alpha value is -3.00. The number of rotatable bonds is 3. The van der Waals surface area contributed by atoms with Crippen LogP contribution < -0.4 is 9.80 Å². The molecule has 0 radical (unpaired) electrons. The number of nitrogens with zero attached hydrogens (tertiary/aromatic N) is 6. The van der Waals surface area contributed by atoms with E-state index in [-0.39, 0.29) is 5.82 Å². The first-order valence-corrected chi connectivity index (χ1v) is 10.3. The highest BCUT2D eigenvalue weighted by molar-refractivity contribution is 5.64. The first kappa shape index (κ1) is 19.0. The van der Waals surface area contributed by atoms with Gasteiger partial charge in [0.1, 0.15) is 23.3 Å². The van der Waals surface area contributed by atoms with Gasteiger partial charge in [0.05, 0.1) is 12.2 Å². The molecule has 8 heteroatoms. The number of piperazine rings is 1. The minimum atomic E-state index is -0.262. The molecule has 30 heavy (non-hydrogen) atoms. The van der Waals surface area contributed by atoms with E-state index >= 15 is 0 Å². The average molecular weight is 408 g/mol. The number of hydrogen-bond acceptors (Lipinski definition) is 7. The van der Waals surface area contributed by atoms with E-state index in [1.54, 1.807) is 12.1 Å². The van der Waals surface area contributed by atoms with Crippen molar-refractivity contribution in [3.63, 3.8) is 0 Å². The monoisotopic (exact) mass is 408 g/mol. The van der Waals surface area contributed by atoms with E-state index in [0.717, 1.165) is 73.4 Å². The van der Waals surface area contributed by atoms with E-state index in [0.29, 0.717) is 12.3 Å². The lowest BCUT2D eigenvalue weighted by Gasteiger charge is -2.34. The number of fused-ring (bicyclic) bond motifs is 1. The zero-order valence-corrected chi connectivity index (χ0v) is 17.3. The van der Waals surface area contributed by atoms with Crippen molar-refractivity contribution in [1.29, 1.82) is 0 Å². The maximum atomic E-state index is 13.3. The Kier molecular flexibility index (Phi) is 4.86. The molecule has 0 bridgehead atoms. The third-order valence-electron chi connectivity index (χ3n) is 5.91. The van der Waals surface area contributed by atoms with E-state index < -0.39 is 0 Å². The number of anilines is 2. The zero-order valence-electron chi connectivity index (χ0n) is 17.3. The Morgan fingerprint density at radius 2 is 1.63 bits per heavy atom. The second kappa shape index (κ2) is 7.68. The topological polar surface area (TPSA) is 61.5 Å². The number of aryl methyl sites for hydroxylation is 1. The summed E-state index contributed by atoms with van der Waals surface area (Å²) in [6.45, 7) is 7.43. The fraction of sp³-hybridized carbons (Fsp3) is 0.409. The molecular weight excluding hydrogens is 383 g/mol. The maximum Gasteiger partial charge on any atom is 0.172 e. The van der Waals surface area contributed by atoms with E-state index in [1.165, 1.54) is 12.1 Å². The molecule has 2 aromatic heterocycles. The van der Waals surface area contributed by atoms with Crippen molar-refractivity contribution in [3.8, 4) is 11.3 Å². The summed E-state index contributed by atoms with van der Waals surface area (Å²) in [6.07, 6.45) is 0.785. The Morgan fingerprint density at radius 1 is 0.933 bits per heavy atom. The fourth-order valence-electron chi connectivity index (χ4n) is 4.13. The summed E-state index contributed by atoms with van der Waals surface area (Å²) in [6, 6.07) is 8.45. The van der Waals surface area contributed by atoms with Crippen molar-refractivity contribution in [2.24, 2.45) is 0 Å². The van der Waals surface area contributed by atoms with Gasteiger partial charge in [-0.1, -0.05) is 5.16 Å². The number of benzene rings is 1. The highest BCUT2D eigenvalue weighted by Gasteiger charge is 2.27. The molecule has 0 saturated carbocycles. The second-order valence-corrected chi connectivity index (χ2v) is 8.04. The number of hydrogen-bond donors (Lipinski definition) is 0. The molecule has 0 aliphatic carbocycles. The van der Waals surface area contributed by atoms with E-state index in [1.807, 2.05) is 6.92 Å². The van der Waals surface area contributed by atoms with Gasteiger partial charge in [-0.15, -0.1) is 0 Å². The van der Waals surface area contributed by atoms with Gasteiger partial charge in [-0.25, -0.2) is 14.4 Å². The molecule has 156 valence electrons. The molecule has 0 atom stereocenters. The fourth-order valence-corrected chi connectivity index (χ4v) is 4.13. The van der Waals surface area contributed by atoms with Gasteiger partial charge in [0.25, 0.3) is 0 Å². The normalized spacial score (nSPS) is 17.3. The molecule has 0 spiro atoms. The second-order valence-electron chi connectivity index (χ2n) is 8.04. The highest BCUT2D eigenvalue weighted by Crippen LogP contribution is 2.32. The summed E-state index contributed by atoms with van der Waals surface area (Å²) in [5.74, 6) is 3.13. The summed E-state index contributed by atoms with van der Waals surface area (Å²) in [7, 11) is 2.15. The lowest BCUT2D eigenvalue weighted by Crippen LogP contribution is -2.45. The van der Waals surface area contributed by atoms with Crippen molar-refractivity contribution in [2.45, 2.75) is 19.9 Å². The standard InChI is InChI=1S/C22H25FN6O/c1-15-24-20(28-11-9-27(2)10-12-28)13-21(25-15)29-8-7-19-18(14-29)22(30-26-19)16-3-5-17(23)6-4-16/h3-6,13H,7-12,14H2,1-2H3. The van der Waals surface area contributed by atoms with Crippen LogP contribution in [0, 0.1) is 12.7 Å². The predicted molar refractivity (Wildman–Crippen MR) is 113 cm³/mol. The Morgan fingerprint density at radius 3 is 2.37 bits per heavy atom. The summed E-state index contributed by atoms with van der Waals surface area (Å²) >= 11 is 0. The van der Waals surface area contributed by atoms with E-state index in [2.05, 4.69) is 38.0 Å². The number of aromatic nitrogens is 3. The average Bonchev–Trinajstić information content (AvgIpc) is 3.17. The van der Waals surface area contributed by atoms with Gasteiger partial charge < -0.3 is 19.2 Å². The van der Waals surface area contributed by atoms with Crippen LogP contribution in [0.5, 0.6) is 0 Å². The summed E-state index contributed by atoms with van der Waals surface area (Å²) in [4.78, 5) is 16.3. The Labute approximate surface area is 175 Å². The molecule has 0 unspecified atom stereocenters. The van der Waals surface area contributed by atoms with Crippen LogP contribution in [0.25, 0.3) is 11.3 Å². The molecule has 1 aromatic carbocycles. The van der Waals surface area contributed by atoms with Gasteiger partial charge >= 0.3 is 0 Å². The zero-order chi connectivity index (χ0) is 20.7. The summed E-state index contributed by atoms with van der Waals surface area (Å²) in [5, 5.41) is 4.26. The highest BCUT2D eigenvalue weighted by atomic mass is 19.1. The van der Waals surface area contributed by atoms with Gasteiger partial charge in [-0.3, -0.25) is 0 Å². The molecule has 0 amide bonds. The van der Waals surface area contributed by atoms with Crippen LogP contribution in [0.15, 0.2) is 34.9 Å². The van der Waals surface area contributed by atoms with E-state index in [9.17, 15) is 4.39 Å². The van der Waals surface area contributed by atoms with Crippen molar-refractivity contribution in [2.75, 3.05) is 49.6 Å². The third kappa shape index (κ3) is 3.63. The van der Waals surface area contributed by atoms with Crippen LogP contribution >= 0.6 is 0 Å². The SMILES string of the molecule is Cc1nc(N2CCN(C)CC2)cc(N2CCc3noc(-c4ccc(F)cc4)c3C2)n1. The van der Waals surface area contributed by atoms with Crippen LogP contribution in [0.2, 0.25) is 0 Å². The van der Waals surface area contributed by atoms with Crippen LogP contribution in [0.4, 0.5) is 16.0 Å². The molecule has 5 rings (SSSR count). The molecule has 7 nitrogen and oxygen atoms in total. The minimum absolute atomic E-state index is 0.262. The predicted octanol–water partition coefficient (Wildman–Crippen LogP) is 2.89. The lowest BCUT2D eigenvalue weighted by molar-refractivity contribution is 0.312. The van der Waals surface area contributed by atoms with Crippen LogP contribution in [0.3, 0.4) is 0 Å². The van der Waals surface area contributed by atoms with Gasteiger partial charge in [-0.2, -0.15) is 0 Å². The molecular formula is C22H25FN6O. The van der Waals surface area contributed by atoms with Crippen molar-refractivity contribution < 1.29 is 8.91 Å². The van der Waals surface area contributed by atoms with Gasteiger partial charge in [0.2, 0.25) is 0 Å². The molecule has 2 aliphatic rings. The van der Waals surface area contributed by atoms with Gasteiger partial charge in [0, 0.05) is 56.3 Å². The Balaban J connectivity index is 1.42. The molecule has 0 N–H and O–H groups in total. The number of halogens is 1. The molecule has 2 aliphatic heterocycles. The largest absolute Gasteiger partial charge is 0.356 e. The van der Waals surface area contributed by atoms with Crippen molar-refractivity contribution >= 4 is 11.6 Å². The first-order chi connectivity index (χ1) is 14.6. The van der Waals surface area contributed by atoms with Gasteiger partial charge in [0.15, 0.2) is 5.76 Å². The Bertz CT molecular complexity index is 1040. The van der Waals surface area contributed by atoms with Crippen LogP contribution in [-0.4, -0.2) is 59.8 Å². The molecule has 1 fully saturated rings. The third-order valence-corrected chi connectivity index (χ3v) is 5.91. The quantitative estimate of drug-likeness (QED) is 0.660. The molecule has 4 heterocycles. The molecule has 3 aromatic rings. The van der Waals surface area contributed by atoms with Crippen molar-refractivity contribution in [3.05, 3.63) is 53.2 Å². The lowest BCUT2D eigenvalue weighted by atomic mass is 10.0. The van der Waals surface area contributed by atoms with Crippen molar-refractivity contribution in [1.82, 2.24) is 20.0 Å². The number of likely N-dealkylation sites (N-methyl/N-ethyl adjacent to an activating group) is 1. The van der Waals surface area contributed by atoms with Crippen LogP contribution in [-0.2, 0) is 13.0 Å². The van der Waals surface area contributed by atoms with Gasteiger partial charge in [-0.05, 0) is 38.2 Å². The first-order valence-electron chi connectivity index (χ1n) is 10.3.